The van der Waals surface area contributed by atoms with Crippen molar-refractivity contribution < 1.29 is 22.8 Å². The number of pyridine rings is 1. The minimum Gasteiger partial charge on any atom is -0.393 e. The number of nitrogen functional groups attached to an aromatic ring is 1. The highest BCUT2D eigenvalue weighted by Crippen LogP contribution is 2.30. The number of anilines is 1. The maximum Gasteiger partial charge on any atom is 0.574 e. The van der Waals surface area contributed by atoms with Gasteiger partial charge in [0, 0.05) is 6.07 Å². The Bertz CT molecular complexity index is 508. The molecule has 90 valence electrons. The molecule has 1 aromatic heterocycles. The molecule has 1 aromatic rings. The van der Waals surface area contributed by atoms with Gasteiger partial charge in [0.25, 0.3) is 0 Å². The fourth-order valence-corrected chi connectivity index (χ4v) is 0.974. The number of hydrogen-bond acceptors (Lipinski definition) is 6. The van der Waals surface area contributed by atoms with Gasteiger partial charge in [-0.25, -0.2) is 0 Å². The molecule has 1 rings (SSSR count). The maximum atomic E-state index is 11.8. The van der Waals surface area contributed by atoms with Crippen LogP contribution in [0.3, 0.4) is 0 Å². The smallest absolute Gasteiger partial charge is 0.393 e. The summed E-state index contributed by atoms with van der Waals surface area (Å²) < 4.78 is 38.9. The molecule has 0 saturated carbocycles. The molecule has 10 heteroatoms. The zero-order chi connectivity index (χ0) is 13.2. The van der Waals surface area contributed by atoms with Crippen LogP contribution in [0.15, 0.2) is 6.07 Å². The average molecular weight is 248 g/mol. The molecule has 0 amide bonds. The minimum atomic E-state index is -5.03. The van der Waals surface area contributed by atoms with Gasteiger partial charge >= 0.3 is 12.0 Å². The Hall–Kier alpha value is -2.57. The van der Waals surface area contributed by atoms with Crippen LogP contribution in [-0.2, 0) is 0 Å². The quantitative estimate of drug-likeness (QED) is 0.623. The predicted molar refractivity (Wildman–Crippen MR) is 46.7 cm³/mol. The van der Waals surface area contributed by atoms with E-state index in [1.54, 1.807) is 0 Å². The van der Waals surface area contributed by atoms with Crippen LogP contribution in [0, 0.1) is 21.4 Å². The van der Waals surface area contributed by atoms with Gasteiger partial charge in [-0.1, -0.05) is 0 Å². The fraction of sp³-hybridized carbons (Fsp3) is 0.143. The Kier molecular flexibility index (Phi) is 3.03. The zero-order valence-electron chi connectivity index (χ0n) is 7.85. The maximum absolute atomic E-state index is 11.8. The van der Waals surface area contributed by atoms with Crippen LogP contribution in [0.4, 0.5) is 24.5 Å². The summed E-state index contributed by atoms with van der Waals surface area (Å²) in [7, 11) is 0. The highest BCUT2D eigenvalue weighted by atomic mass is 19.4. The number of ether oxygens (including phenoxy) is 1. The summed E-state index contributed by atoms with van der Waals surface area (Å²) in [6.07, 6.45) is -5.03. The molecule has 0 aromatic carbocycles. The lowest BCUT2D eigenvalue weighted by Crippen LogP contribution is -2.18. The molecule has 7 nitrogen and oxygen atoms in total. The molecule has 2 N–H and O–H groups in total. The van der Waals surface area contributed by atoms with Crippen LogP contribution >= 0.6 is 0 Å². The minimum absolute atomic E-state index is 0.520. The number of nitro groups is 1. The fourth-order valence-electron chi connectivity index (χ4n) is 0.974. The molecule has 0 aliphatic heterocycles. The lowest BCUT2D eigenvalue weighted by molar-refractivity contribution is -0.384. The summed E-state index contributed by atoms with van der Waals surface area (Å²) in [5, 5.41) is 19.0. The first-order valence-corrected chi connectivity index (χ1v) is 3.85. The monoisotopic (exact) mass is 248 g/mol. The van der Waals surface area contributed by atoms with Gasteiger partial charge < -0.3 is 10.5 Å². The van der Waals surface area contributed by atoms with E-state index in [0.717, 1.165) is 0 Å². The number of aromatic nitrogens is 1. The van der Waals surface area contributed by atoms with Crippen LogP contribution in [0.5, 0.6) is 5.88 Å². The van der Waals surface area contributed by atoms with Crippen molar-refractivity contribution in [1.82, 2.24) is 4.98 Å². The van der Waals surface area contributed by atoms with Crippen molar-refractivity contribution in [1.29, 1.82) is 5.26 Å². The zero-order valence-corrected chi connectivity index (χ0v) is 7.85. The van der Waals surface area contributed by atoms with Gasteiger partial charge in [0.05, 0.1) is 4.92 Å². The van der Waals surface area contributed by atoms with Gasteiger partial charge in [-0.05, 0) is 0 Å². The van der Waals surface area contributed by atoms with Crippen LogP contribution in [-0.4, -0.2) is 16.3 Å². The third kappa shape index (κ3) is 2.94. The van der Waals surface area contributed by atoms with Crippen LogP contribution < -0.4 is 10.5 Å². The van der Waals surface area contributed by atoms with Crippen LogP contribution in [0.2, 0.25) is 0 Å². The van der Waals surface area contributed by atoms with Crippen molar-refractivity contribution in [2.75, 3.05) is 5.73 Å². The van der Waals surface area contributed by atoms with E-state index in [4.69, 9.17) is 11.0 Å². The van der Waals surface area contributed by atoms with E-state index in [2.05, 4.69) is 9.72 Å². The first kappa shape index (κ1) is 12.5. The first-order valence-electron chi connectivity index (χ1n) is 3.85. The molecule has 0 bridgehead atoms. The number of hydrogen-bond donors (Lipinski definition) is 1. The van der Waals surface area contributed by atoms with Gasteiger partial charge in [-0.2, -0.15) is 10.2 Å². The molecule has 0 unspecified atom stereocenters. The van der Waals surface area contributed by atoms with Crippen molar-refractivity contribution in [3.8, 4) is 11.9 Å². The number of nitrogens with two attached hydrogens (primary N) is 1. The van der Waals surface area contributed by atoms with Crippen molar-refractivity contribution in [2.24, 2.45) is 0 Å². The van der Waals surface area contributed by atoms with Crippen molar-refractivity contribution in [2.45, 2.75) is 6.36 Å². The summed E-state index contributed by atoms with van der Waals surface area (Å²) >= 11 is 0. The third-order valence-corrected chi connectivity index (χ3v) is 1.51. The summed E-state index contributed by atoms with van der Waals surface area (Å²) in [4.78, 5) is 12.5. The molecule has 0 aliphatic rings. The molecule has 0 radical (unpaired) electrons. The van der Waals surface area contributed by atoms with Gasteiger partial charge in [0.2, 0.25) is 11.6 Å². The molecule has 1 heterocycles. The Morgan fingerprint density at radius 2 is 2.18 bits per heavy atom. The normalized spacial score (nSPS) is 10.7. The van der Waals surface area contributed by atoms with E-state index < -0.39 is 34.2 Å². The molecule has 0 aliphatic carbocycles. The van der Waals surface area contributed by atoms with Crippen molar-refractivity contribution >= 4 is 11.4 Å². The summed E-state index contributed by atoms with van der Waals surface area (Å²) in [6.45, 7) is 0. The molecule has 0 saturated heterocycles. The predicted octanol–water partition coefficient (Wildman–Crippen LogP) is 1.34. The van der Waals surface area contributed by atoms with Gasteiger partial charge in [0.1, 0.15) is 11.8 Å². The van der Waals surface area contributed by atoms with Crippen molar-refractivity contribution in [3.05, 3.63) is 21.9 Å². The Balaban J connectivity index is 3.29. The lowest BCUT2D eigenvalue weighted by Gasteiger charge is -2.08. The number of alkyl halides is 3. The molecule has 0 spiro atoms. The standard InChI is InChI=1S/C7H3F3N4O3/c8-7(9,10)17-5-1-3(12)6(14(15)16)4(2-11)13-5/h1H,(H2,12,13). The highest BCUT2D eigenvalue weighted by molar-refractivity contribution is 5.65. The summed E-state index contributed by atoms with van der Waals surface area (Å²) in [5.41, 5.74) is 2.79. The third-order valence-electron chi connectivity index (χ3n) is 1.51. The SMILES string of the molecule is N#Cc1nc(OC(F)(F)F)cc(N)c1[N+](=O)[O-]. The largest absolute Gasteiger partial charge is 0.574 e. The highest BCUT2D eigenvalue weighted by Gasteiger charge is 2.33. The van der Waals surface area contributed by atoms with Crippen LogP contribution in [0.25, 0.3) is 0 Å². The van der Waals surface area contributed by atoms with Gasteiger partial charge in [0.15, 0.2) is 0 Å². The summed E-state index contributed by atoms with van der Waals surface area (Å²) in [6, 6.07) is 1.78. The molecule has 0 fully saturated rings. The Morgan fingerprint density at radius 3 is 2.59 bits per heavy atom. The topological polar surface area (TPSA) is 115 Å². The second-order valence-corrected chi connectivity index (χ2v) is 2.66. The van der Waals surface area contributed by atoms with E-state index in [-0.39, 0.29) is 0 Å². The van der Waals surface area contributed by atoms with Crippen LogP contribution in [0.1, 0.15) is 5.69 Å². The molecular formula is C7H3F3N4O3. The van der Waals surface area contributed by atoms with E-state index in [9.17, 15) is 23.3 Å². The van der Waals surface area contributed by atoms with Crippen molar-refractivity contribution in [3.63, 3.8) is 0 Å². The van der Waals surface area contributed by atoms with Gasteiger partial charge in [-0.3, -0.25) is 10.1 Å². The molecule has 0 atom stereocenters. The number of halogens is 3. The summed E-state index contributed by atoms with van der Waals surface area (Å²) in [5.74, 6) is -1.03. The number of nitrogens with zero attached hydrogens (tertiary/aromatic N) is 3. The van der Waals surface area contributed by atoms with E-state index >= 15 is 0 Å². The number of nitriles is 1. The molecular weight excluding hydrogens is 245 g/mol. The second kappa shape index (κ2) is 4.12. The van der Waals surface area contributed by atoms with E-state index in [1.807, 2.05) is 0 Å². The first-order chi connectivity index (χ1) is 7.74. The molecule has 17 heavy (non-hydrogen) atoms. The van der Waals surface area contributed by atoms with Gasteiger partial charge in [-0.15, -0.1) is 13.2 Å². The Labute approximate surface area is 91.4 Å². The second-order valence-electron chi connectivity index (χ2n) is 2.66. The van der Waals surface area contributed by atoms with E-state index in [1.165, 1.54) is 6.07 Å². The lowest BCUT2D eigenvalue weighted by atomic mass is 10.2. The van der Waals surface area contributed by atoms with E-state index in [0.29, 0.717) is 6.07 Å². The average Bonchev–Trinajstić information content (AvgIpc) is 2.12. The number of rotatable bonds is 2. The Morgan fingerprint density at radius 1 is 1.59 bits per heavy atom.